The molecule has 100 valence electrons. The molecule has 0 aliphatic carbocycles. The summed E-state index contributed by atoms with van der Waals surface area (Å²) in [6.07, 6.45) is 2.29. The van der Waals surface area contributed by atoms with E-state index in [4.69, 9.17) is 4.74 Å². The summed E-state index contributed by atoms with van der Waals surface area (Å²) in [5.74, 6) is 0.379. The predicted molar refractivity (Wildman–Crippen MR) is 74.9 cm³/mol. The van der Waals surface area contributed by atoms with Gasteiger partial charge in [-0.3, -0.25) is 4.79 Å². The zero-order valence-corrected chi connectivity index (χ0v) is 11.7. The van der Waals surface area contributed by atoms with E-state index >= 15 is 0 Å². The van der Waals surface area contributed by atoms with Crippen LogP contribution in [0.5, 0.6) is 5.75 Å². The monoisotopic (exact) mass is 249 g/mol. The maximum Gasteiger partial charge on any atom is 0.316 e. The van der Waals surface area contributed by atoms with E-state index < -0.39 is 5.41 Å². The second-order valence-electron chi connectivity index (χ2n) is 5.45. The van der Waals surface area contributed by atoms with Crippen LogP contribution in [0.25, 0.3) is 0 Å². The smallest absolute Gasteiger partial charge is 0.316 e. The van der Waals surface area contributed by atoms with Crippen LogP contribution in [0.2, 0.25) is 0 Å². The largest absolute Gasteiger partial charge is 0.426 e. The number of anilines is 1. The van der Waals surface area contributed by atoms with Crippen molar-refractivity contribution >= 4 is 11.7 Å². The highest BCUT2D eigenvalue weighted by Crippen LogP contribution is 2.22. The molecule has 0 saturated carbocycles. The van der Waals surface area contributed by atoms with Crippen LogP contribution in [0.15, 0.2) is 24.3 Å². The Balaban J connectivity index is 2.62. The van der Waals surface area contributed by atoms with E-state index in [9.17, 15) is 4.79 Å². The van der Waals surface area contributed by atoms with Crippen molar-refractivity contribution in [1.29, 1.82) is 0 Å². The number of nitrogens with one attached hydrogen (secondary N) is 1. The van der Waals surface area contributed by atoms with Gasteiger partial charge in [-0.05, 0) is 39.3 Å². The van der Waals surface area contributed by atoms with Gasteiger partial charge in [0.1, 0.15) is 5.75 Å². The van der Waals surface area contributed by atoms with Crippen molar-refractivity contribution in [2.24, 2.45) is 5.41 Å². The Kier molecular flexibility index (Phi) is 5.20. The van der Waals surface area contributed by atoms with Crippen LogP contribution in [0.4, 0.5) is 5.69 Å². The van der Waals surface area contributed by atoms with Crippen molar-refractivity contribution in [2.75, 3.05) is 11.9 Å². The maximum absolute atomic E-state index is 11.8. The average Bonchev–Trinajstić information content (AvgIpc) is 2.28. The van der Waals surface area contributed by atoms with Gasteiger partial charge in [0.05, 0.1) is 5.41 Å². The zero-order chi connectivity index (χ0) is 13.6. The number of ether oxygens (including phenoxy) is 1. The molecule has 0 heterocycles. The minimum atomic E-state index is -0.481. The summed E-state index contributed by atoms with van der Waals surface area (Å²) in [6.45, 7) is 8.63. The Hall–Kier alpha value is -1.51. The lowest BCUT2D eigenvalue weighted by molar-refractivity contribution is -0.142. The molecule has 0 fully saturated rings. The Morgan fingerprint density at radius 3 is 2.67 bits per heavy atom. The van der Waals surface area contributed by atoms with Crippen molar-refractivity contribution < 1.29 is 9.53 Å². The van der Waals surface area contributed by atoms with Gasteiger partial charge in [-0.25, -0.2) is 0 Å². The first-order chi connectivity index (χ1) is 8.43. The van der Waals surface area contributed by atoms with Gasteiger partial charge in [0.25, 0.3) is 0 Å². The third-order valence-electron chi connectivity index (χ3n) is 2.52. The van der Waals surface area contributed by atoms with E-state index in [1.807, 2.05) is 39.0 Å². The molecule has 0 aliphatic rings. The molecule has 0 saturated heterocycles. The molecular weight excluding hydrogens is 226 g/mol. The number of hydrogen-bond donors (Lipinski definition) is 1. The molecule has 0 amide bonds. The van der Waals surface area contributed by atoms with Gasteiger partial charge in [-0.2, -0.15) is 0 Å². The molecule has 1 aromatic rings. The normalized spacial score (nSPS) is 11.1. The van der Waals surface area contributed by atoms with E-state index in [0.29, 0.717) is 5.75 Å². The first-order valence-electron chi connectivity index (χ1n) is 6.49. The van der Waals surface area contributed by atoms with Crippen molar-refractivity contribution in [3.8, 4) is 5.75 Å². The van der Waals surface area contributed by atoms with E-state index in [2.05, 4.69) is 12.2 Å². The van der Waals surface area contributed by atoms with Gasteiger partial charge in [0.2, 0.25) is 0 Å². The molecule has 0 unspecified atom stereocenters. The molecule has 18 heavy (non-hydrogen) atoms. The van der Waals surface area contributed by atoms with Gasteiger partial charge in [-0.15, -0.1) is 0 Å². The fraction of sp³-hybridized carbons (Fsp3) is 0.533. The van der Waals surface area contributed by atoms with Crippen LogP contribution in [-0.4, -0.2) is 12.5 Å². The second kappa shape index (κ2) is 6.43. The van der Waals surface area contributed by atoms with E-state index in [1.165, 1.54) is 0 Å². The number of unbranched alkanes of at least 4 members (excludes halogenated alkanes) is 1. The molecule has 1 aromatic carbocycles. The standard InChI is InChI=1S/C15H23NO2/c1-5-6-10-16-12-8-7-9-13(11-12)18-14(17)15(2,3)4/h7-9,11,16H,5-6,10H2,1-4H3. The number of carbonyl (C=O) groups is 1. The van der Waals surface area contributed by atoms with E-state index in [-0.39, 0.29) is 5.97 Å². The van der Waals surface area contributed by atoms with Crippen LogP contribution in [0.3, 0.4) is 0 Å². The highest BCUT2D eigenvalue weighted by atomic mass is 16.5. The first kappa shape index (κ1) is 14.6. The molecule has 0 aromatic heterocycles. The number of benzene rings is 1. The SMILES string of the molecule is CCCCNc1cccc(OC(=O)C(C)(C)C)c1. The van der Waals surface area contributed by atoms with Crippen molar-refractivity contribution in [1.82, 2.24) is 0 Å². The second-order valence-corrected chi connectivity index (χ2v) is 5.45. The summed E-state index contributed by atoms with van der Waals surface area (Å²) in [7, 11) is 0. The molecule has 3 nitrogen and oxygen atoms in total. The summed E-state index contributed by atoms with van der Waals surface area (Å²) in [4.78, 5) is 11.8. The van der Waals surface area contributed by atoms with Crippen LogP contribution in [0.1, 0.15) is 40.5 Å². The lowest BCUT2D eigenvalue weighted by atomic mass is 9.97. The topological polar surface area (TPSA) is 38.3 Å². The van der Waals surface area contributed by atoms with Gasteiger partial charge in [0.15, 0.2) is 0 Å². The molecule has 0 bridgehead atoms. The molecular formula is C15H23NO2. The van der Waals surface area contributed by atoms with Gasteiger partial charge in [0, 0.05) is 18.3 Å². The number of carbonyl (C=O) groups excluding carboxylic acids is 1. The number of esters is 1. The number of hydrogen-bond acceptors (Lipinski definition) is 3. The summed E-state index contributed by atoms with van der Waals surface area (Å²) in [5, 5.41) is 3.31. The molecule has 0 radical (unpaired) electrons. The maximum atomic E-state index is 11.8. The molecule has 0 aliphatic heterocycles. The zero-order valence-electron chi connectivity index (χ0n) is 11.7. The Bertz CT molecular complexity index is 394. The lowest BCUT2D eigenvalue weighted by Gasteiger charge is -2.16. The lowest BCUT2D eigenvalue weighted by Crippen LogP contribution is -2.25. The van der Waals surface area contributed by atoms with Crippen LogP contribution < -0.4 is 10.1 Å². The summed E-state index contributed by atoms with van der Waals surface area (Å²) in [5.41, 5.74) is 0.508. The minimum Gasteiger partial charge on any atom is -0.426 e. The molecule has 0 spiro atoms. The quantitative estimate of drug-likeness (QED) is 0.489. The van der Waals surface area contributed by atoms with Crippen molar-refractivity contribution in [3.63, 3.8) is 0 Å². The fourth-order valence-corrected chi connectivity index (χ4v) is 1.34. The van der Waals surface area contributed by atoms with Gasteiger partial charge in [-0.1, -0.05) is 19.4 Å². The van der Waals surface area contributed by atoms with Crippen LogP contribution >= 0.6 is 0 Å². The van der Waals surface area contributed by atoms with Crippen LogP contribution in [0, 0.1) is 5.41 Å². The Morgan fingerprint density at radius 1 is 1.33 bits per heavy atom. The van der Waals surface area contributed by atoms with E-state index in [1.54, 1.807) is 6.07 Å². The predicted octanol–water partition coefficient (Wildman–Crippen LogP) is 3.85. The van der Waals surface area contributed by atoms with E-state index in [0.717, 1.165) is 25.1 Å². The van der Waals surface area contributed by atoms with Crippen molar-refractivity contribution in [3.05, 3.63) is 24.3 Å². The highest BCUT2D eigenvalue weighted by molar-refractivity contribution is 5.78. The molecule has 1 N–H and O–H groups in total. The average molecular weight is 249 g/mol. The summed E-state index contributed by atoms with van der Waals surface area (Å²) in [6, 6.07) is 7.53. The summed E-state index contributed by atoms with van der Waals surface area (Å²) < 4.78 is 5.35. The Morgan fingerprint density at radius 2 is 2.06 bits per heavy atom. The van der Waals surface area contributed by atoms with Crippen molar-refractivity contribution in [2.45, 2.75) is 40.5 Å². The third kappa shape index (κ3) is 4.78. The van der Waals surface area contributed by atoms with Gasteiger partial charge < -0.3 is 10.1 Å². The van der Waals surface area contributed by atoms with Gasteiger partial charge >= 0.3 is 5.97 Å². The first-order valence-corrected chi connectivity index (χ1v) is 6.49. The molecule has 0 atom stereocenters. The minimum absolute atomic E-state index is 0.215. The third-order valence-corrected chi connectivity index (χ3v) is 2.52. The summed E-state index contributed by atoms with van der Waals surface area (Å²) >= 11 is 0. The number of rotatable bonds is 5. The molecule has 3 heteroatoms. The van der Waals surface area contributed by atoms with Crippen LogP contribution in [-0.2, 0) is 4.79 Å². The fourth-order valence-electron chi connectivity index (χ4n) is 1.34. The molecule has 1 rings (SSSR count). The highest BCUT2D eigenvalue weighted by Gasteiger charge is 2.23. The Labute approximate surface area is 110 Å².